The van der Waals surface area contributed by atoms with Crippen molar-refractivity contribution in [2.24, 2.45) is 0 Å². The van der Waals surface area contributed by atoms with Crippen molar-refractivity contribution in [3.8, 4) is 0 Å². The normalized spacial score (nSPS) is 12.0. The minimum atomic E-state index is 0.320. The van der Waals surface area contributed by atoms with Gasteiger partial charge in [-0.05, 0) is 38.1 Å². The van der Waals surface area contributed by atoms with Crippen molar-refractivity contribution >= 4 is 11.3 Å². The highest BCUT2D eigenvalue weighted by Gasteiger charge is 2.21. The summed E-state index contributed by atoms with van der Waals surface area (Å²) in [6, 6.07) is 4.57. The SMILES string of the molecule is CCNCCC(C)(C)c1ccc(CC)s1. The smallest absolute Gasteiger partial charge is 0.0105 e. The zero-order valence-electron chi connectivity index (χ0n) is 10.4. The van der Waals surface area contributed by atoms with Crippen LogP contribution in [0.3, 0.4) is 0 Å². The van der Waals surface area contributed by atoms with Crippen LogP contribution in [-0.4, -0.2) is 13.1 Å². The quantitative estimate of drug-likeness (QED) is 0.730. The molecule has 1 heterocycles. The monoisotopic (exact) mass is 225 g/mol. The molecule has 0 spiro atoms. The Morgan fingerprint density at radius 3 is 2.53 bits per heavy atom. The predicted octanol–water partition coefficient (Wildman–Crippen LogP) is 3.59. The molecule has 0 amide bonds. The Kier molecular flexibility index (Phi) is 4.81. The van der Waals surface area contributed by atoms with Gasteiger partial charge in [-0.15, -0.1) is 11.3 Å². The molecule has 15 heavy (non-hydrogen) atoms. The number of aryl methyl sites for hydroxylation is 1. The molecule has 0 aliphatic rings. The van der Waals surface area contributed by atoms with Gasteiger partial charge < -0.3 is 5.32 Å². The van der Waals surface area contributed by atoms with Crippen molar-refractivity contribution in [2.45, 2.75) is 46.0 Å². The highest BCUT2D eigenvalue weighted by atomic mass is 32.1. The number of hydrogen-bond donors (Lipinski definition) is 1. The Balaban J connectivity index is 2.59. The van der Waals surface area contributed by atoms with E-state index in [1.807, 2.05) is 11.3 Å². The minimum Gasteiger partial charge on any atom is -0.317 e. The van der Waals surface area contributed by atoms with Crippen LogP contribution < -0.4 is 5.32 Å². The molecule has 0 aliphatic carbocycles. The first-order chi connectivity index (χ1) is 7.10. The molecule has 1 aromatic heterocycles. The topological polar surface area (TPSA) is 12.0 Å². The van der Waals surface area contributed by atoms with Crippen molar-refractivity contribution in [1.29, 1.82) is 0 Å². The van der Waals surface area contributed by atoms with E-state index in [4.69, 9.17) is 0 Å². The highest BCUT2D eigenvalue weighted by molar-refractivity contribution is 7.12. The summed E-state index contributed by atoms with van der Waals surface area (Å²) < 4.78 is 0. The van der Waals surface area contributed by atoms with Gasteiger partial charge in [0.15, 0.2) is 0 Å². The maximum Gasteiger partial charge on any atom is 0.0105 e. The molecular formula is C13H23NS. The summed E-state index contributed by atoms with van der Waals surface area (Å²) in [6.45, 7) is 11.3. The van der Waals surface area contributed by atoms with Gasteiger partial charge in [-0.25, -0.2) is 0 Å². The van der Waals surface area contributed by atoms with Gasteiger partial charge in [0.25, 0.3) is 0 Å². The lowest BCUT2D eigenvalue weighted by atomic mass is 9.87. The second kappa shape index (κ2) is 5.66. The Morgan fingerprint density at radius 2 is 2.00 bits per heavy atom. The van der Waals surface area contributed by atoms with Crippen molar-refractivity contribution in [3.05, 3.63) is 21.9 Å². The molecule has 1 nitrogen and oxygen atoms in total. The van der Waals surface area contributed by atoms with E-state index in [1.165, 1.54) is 16.2 Å². The van der Waals surface area contributed by atoms with Gasteiger partial charge in [0.05, 0.1) is 0 Å². The standard InChI is InChI=1S/C13H23NS/c1-5-11-7-8-12(15-11)13(3,4)9-10-14-6-2/h7-8,14H,5-6,9-10H2,1-4H3. The van der Waals surface area contributed by atoms with E-state index >= 15 is 0 Å². The average Bonchev–Trinajstić information content (AvgIpc) is 2.66. The Bertz CT molecular complexity index is 288. The van der Waals surface area contributed by atoms with Gasteiger partial charge in [-0.2, -0.15) is 0 Å². The molecule has 1 N–H and O–H groups in total. The van der Waals surface area contributed by atoms with Crippen molar-refractivity contribution in [2.75, 3.05) is 13.1 Å². The van der Waals surface area contributed by atoms with Gasteiger partial charge in [0.1, 0.15) is 0 Å². The molecule has 1 aromatic rings. The molecule has 0 saturated carbocycles. The zero-order valence-corrected chi connectivity index (χ0v) is 11.2. The molecule has 0 fully saturated rings. The summed E-state index contributed by atoms with van der Waals surface area (Å²) in [5.41, 5.74) is 0.320. The maximum absolute atomic E-state index is 3.40. The van der Waals surface area contributed by atoms with Gasteiger partial charge in [-0.1, -0.05) is 27.7 Å². The molecule has 1 rings (SSSR count). The summed E-state index contributed by atoms with van der Waals surface area (Å²) in [7, 11) is 0. The first-order valence-electron chi connectivity index (χ1n) is 5.90. The molecule has 2 heteroatoms. The van der Waals surface area contributed by atoms with Crippen LogP contribution in [0, 0.1) is 0 Å². The Hall–Kier alpha value is -0.340. The molecule has 0 unspecified atom stereocenters. The first kappa shape index (κ1) is 12.7. The van der Waals surface area contributed by atoms with E-state index in [2.05, 4.69) is 45.1 Å². The highest BCUT2D eigenvalue weighted by Crippen LogP contribution is 2.32. The predicted molar refractivity (Wildman–Crippen MR) is 69.9 cm³/mol. The van der Waals surface area contributed by atoms with Crippen LogP contribution >= 0.6 is 11.3 Å². The van der Waals surface area contributed by atoms with Crippen LogP contribution in [0.4, 0.5) is 0 Å². The molecule has 86 valence electrons. The molecule has 0 atom stereocenters. The lowest BCUT2D eigenvalue weighted by Gasteiger charge is -2.23. The second-order valence-electron chi connectivity index (χ2n) is 4.61. The molecule has 0 aliphatic heterocycles. The fourth-order valence-electron chi connectivity index (χ4n) is 1.63. The number of rotatable bonds is 6. The van der Waals surface area contributed by atoms with Crippen LogP contribution in [0.2, 0.25) is 0 Å². The summed E-state index contributed by atoms with van der Waals surface area (Å²) >= 11 is 1.97. The maximum atomic E-state index is 3.40. The van der Waals surface area contributed by atoms with Gasteiger partial charge in [0.2, 0.25) is 0 Å². The average molecular weight is 225 g/mol. The molecule has 0 radical (unpaired) electrons. The molecule has 0 aromatic carbocycles. The second-order valence-corrected chi connectivity index (χ2v) is 5.78. The van der Waals surface area contributed by atoms with E-state index in [0.717, 1.165) is 19.5 Å². The molecule has 0 saturated heterocycles. The largest absolute Gasteiger partial charge is 0.317 e. The van der Waals surface area contributed by atoms with Gasteiger partial charge in [0, 0.05) is 15.2 Å². The fraction of sp³-hybridized carbons (Fsp3) is 0.692. The van der Waals surface area contributed by atoms with E-state index in [0.29, 0.717) is 5.41 Å². The third-order valence-electron chi connectivity index (χ3n) is 2.85. The first-order valence-corrected chi connectivity index (χ1v) is 6.71. The van der Waals surface area contributed by atoms with Crippen LogP contribution in [0.15, 0.2) is 12.1 Å². The van der Waals surface area contributed by atoms with Crippen LogP contribution in [0.25, 0.3) is 0 Å². The minimum absolute atomic E-state index is 0.320. The van der Waals surface area contributed by atoms with Crippen LogP contribution in [-0.2, 0) is 11.8 Å². The van der Waals surface area contributed by atoms with E-state index < -0.39 is 0 Å². The zero-order chi connectivity index (χ0) is 11.3. The Labute approximate surface area is 97.9 Å². The number of hydrogen-bond acceptors (Lipinski definition) is 2. The van der Waals surface area contributed by atoms with Crippen molar-refractivity contribution < 1.29 is 0 Å². The Morgan fingerprint density at radius 1 is 1.27 bits per heavy atom. The molecular weight excluding hydrogens is 202 g/mol. The van der Waals surface area contributed by atoms with Crippen molar-refractivity contribution in [3.63, 3.8) is 0 Å². The summed E-state index contributed by atoms with van der Waals surface area (Å²) in [4.78, 5) is 3.03. The van der Waals surface area contributed by atoms with E-state index in [9.17, 15) is 0 Å². The number of thiophene rings is 1. The van der Waals surface area contributed by atoms with E-state index in [-0.39, 0.29) is 0 Å². The van der Waals surface area contributed by atoms with Crippen LogP contribution in [0.1, 0.15) is 43.9 Å². The summed E-state index contributed by atoms with van der Waals surface area (Å²) in [6.07, 6.45) is 2.37. The summed E-state index contributed by atoms with van der Waals surface area (Å²) in [5, 5.41) is 3.40. The third kappa shape index (κ3) is 3.62. The fourth-order valence-corrected chi connectivity index (χ4v) is 2.71. The van der Waals surface area contributed by atoms with Crippen LogP contribution in [0.5, 0.6) is 0 Å². The van der Waals surface area contributed by atoms with E-state index in [1.54, 1.807) is 0 Å². The molecule has 0 bridgehead atoms. The lowest BCUT2D eigenvalue weighted by Crippen LogP contribution is -2.24. The summed E-state index contributed by atoms with van der Waals surface area (Å²) in [5.74, 6) is 0. The van der Waals surface area contributed by atoms with Gasteiger partial charge in [-0.3, -0.25) is 0 Å². The van der Waals surface area contributed by atoms with Crippen molar-refractivity contribution in [1.82, 2.24) is 5.32 Å². The third-order valence-corrected chi connectivity index (χ3v) is 4.45. The van der Waals surface area contributed by atoms with Gasteiger partial charge >= 0.3 is 0 Å². The number of nitrogens with one attached hydrogen (secondary N) is 1. The lowest BCUT2D eigenvalue weighted by molar-refractivity contribution is 0.469.